The molecule has 0 bridgehead atoms. The highest BCUT2D eigenvalue weighted by Gasteiger charge is 2.24. The fraction of sp³-hybridized carbons (Fsp3) is 0.0952. The van der Waals surface area contributed by atoms with Crippen LogP contribution in [0.4, 0.5) is 10.1 Å². The molecule has 3 aromatic carbocycles. The summed E-state index contributed by atoms with van der Waals surface area (Å²) in [4.78, 5) is 14.7. The fourth-order valence-corrected chi connectivity index (χ4v) is 3.54. The SMILES string of the molecule is O=C(c1c(Cl)cccc1Cl)N(Cc1ccc2c(c1)OCO2)c1cccc(F)c1. The Labute approximate surface area is 171 Å². The van der Waals surface area contributed by atoms with Crippen molar-refractivity contribution >= 4 is 34.8 Å². The van der Waals surface area contributed by atoms with Gasteiger partial charge in [-0.1, -0.05) is 41.4 Å². The van der Waals surface area contributed by atoms with E-state index in [1.807, 2.05) is 6.07 Å². The Hall–Kier alpha value is -2.76. The standard InChI is InChI=1S/C21H14Cl2FNO3/c22-16-5-2-6-17(23)20(16)21(26)25(15-4-1-3-14(24)10-15)11-13-7-8-18-19(9-13)28-12-27-18/h1-10H,11-12H2. The van der Waals surface area contributed by atoms with Gasteiger partial charge in [0, 0.05) is 5.69 Å². The first-order valence-corrected chi connectivity index (χ1v) is 9.18. The van der Waals surface area contributed by atoms with Crippen molar-refractivity contribution in [2.45, 2.75) is 6.54 Å². The number of carbonyl (C=O) groups excluding carboxylic acids is 1. The number of hydrogen-bond acceptors (Lipinski definition) is 3. The first kappa shape index (κ1) is 18.6. The molecule has 4 nitrogen and oxygen atoms in total. The second-order valence-corrected chi connectivity index (χ2v) is 6.97. The summed E-state index contributed by atoms with van der Waals surface area (Å²) in [6.07, 6.45) is 0. The normalized spacial score (nSPS) is 12.1. The van der Waals surface area contributed by atoms with E-state index in [-0.39, 0.29) is 28.9 Å². The van der Waals surface area contributed by atoms with E-state index in [1.165, 1.54) is 17.0 Å². The van der Waals surface area contributed by atoms with Gasteiger partial charge in [-0.05, 0) is 48.0 Å². The zero-order valence-electron chi connectivity index (χ0n) is 14.5. The Morgan fingerprint density at radius 1 is 0.964 bits per heavy atom. The number of ether oxygens (including phenoxy) is 2. The highest BCUT2D eigenvalue weighted by Crippen LogP contribution is 2.34. The molecule has 3 aromatic rings. The van der Waals surface area contributed by atoms with Gasteiger partial charge in [-0.15, -0.1) is 0 Å². The first-order valence-electron chi connectivity index (χ1n) is 8.43. The summed E-state index contributed by atoms with van der Waals surface area (Å²) in [5.74, 6) is 0.353. The molecule has 7 heteroatoms. The van der Waals surface area contributed by atoms with E-state index >= 15 is 0 Å². The van der Waals surface area contributed by atoms with Crippen LogP contribution in [0.25, 0.3) is 0 Å². The molecular formula is C21H14Cl2FNO3. The molecule has 1 amide bonds. The van der Waals surface area contributed by atoms with Gasteiger partial charge in [0.2, 0.25) is 6.79 Å². The summed E-state index contributed by atoms with van der Waals surface area (Å²) in [5.41, 5.74) is 1.33. The Morgan fingerprint density at radius 3 is 2.43 bits per heavy atom. The monoisotopic (exact) mass is 417 g/mol. The van der Waals surface area contributed by atoms with Crippen molar-refractivity contribution in [1.82, 2.24) is 0 Å². The summed E-state index contributed by atoms with van der Waals surface area (Å²) in [5, 5.41) is 0.453. The van der Waals surface area contributed by atoms with Crippen molar-refractivity contribution in [3.63, 3.8) is 0 Å². The predicted molar refractivity (Wildman–Crippen MR) is 106 cm³/mol. The Morgan fingerprint density at radius 2 is 1.68 bits per heavy atom. The number of rotatable bonds is 4. The largest absolute Gasteiger partial charge is 0.454 e. The van der Waals surface area contributed by atoms with Gasteiger partial charge in [0.05, 0.1) is 22.2 Å². The molecule has 142 valence electrons. The number of anilines is 1. The Kier molecular flexibility index (Phi) is 5.11. The van der Waals surface area contributed by atoms with Crippen LogP contribution >= 0.6 is 23.2 Å². The molecule has 28 heavy (non-hydrogen) atoms. The third kappa shape index (κ3) is 3.63. The molecule has 0 aliphatic carbocycles. The Balaban J connectivity index is 1.75. The third-order valence-corrected chi connectivity index (χ3v) is 4.95. The molecule has 0 saturated carbocycles. The van der Waals surface area contributed by atoms with Crippen LogP contribution in [-0.2, 0) is 6.54 Å². The molecule has 0 unspecified atom stereocenters. The number of amides is 1. The zero-order chi connectivity index (χ0) is 19.7. The first-order chi connectivity index (χ1) is 13.5. The van der Waals surface area contributed by atoms with Crippen LogP contribution in [0.5, 0.6) is 11.5 Å². The predicted octanol–water partition coefficient (Wildman–Crippen LogP) is 5.71. The summed E-state index contributed by atoms with van der Waals surface area (Å²) >= 11 is 12.4. The van der Waals surface area contributed by atoms with E-state index in [0.29, 0.717) is 17.2 Å². The van der Waals surface area contributed by atoms with Crippen molar-refractivity contribution in [2.75, 3.05) is 11.7 Å². The van der Waals surface area contributed by atoms with Crippen molar-refractivity contribution < 1.29 is 18.7 Å². The van der Waals surface area contributed by atoms with E-state index in [9.17, 15) is 9.18 Å². The van der Waals surface area contributed by atoms with Gasteiger partial charge in [-0.2, -0.15) is 0 Å². The summed E-state index contributed by atoms with van der Waals surface area (Å²) in [6.45, 7) is 0.320. The smallest absolute Gasteiger partial charge is 0.261 e. The van der Waals surface area contributed by atoms with E-state index in [2.05, 4.69) is 0 Å². The quantitative estimate of drug-likeness (QED) is 0.545. The molecule has 0 saturated heterocycles. The molecule has 0 radical (unpaired) electrons. The minimum atomic E-state index is -0.453. The van der Waals surface area contributed by atoms with Gasteiger partial charge in [0.1, 0.15) is 5.82 Å². The minimum Gasteiger partial charge on any atom is -0.454 e. The van der Waals surface area contributed by atoms with E-state index in [1.54, 1.807) is 42.5 Å². The van der Waals surface area contributed by atoms with Crippen LogP contribution < -0.4 is 14.4 Å². The van der Waals surface area contributed by atoms with Gasteiger partial charge >= 0.3 is 0 Å². The van der Waals surface area contributed by atoms with E-state index in [4.69, 9.17) is 32.7 Å². The van der Waals surface area contributed by atoms with Crippen molar-refractivity contribution in [1.29, 1.82) is 0 Å². The summed E-state index contributed by atoms with van der Waals surface area (Å²) in [7, 11) is 0. The van der Waals surface area contributed by atoms with Gasteiger partial charge in [0.15, 0.2) is 11.5 Å². The topological polar surface area (TPSA) is 38.8 Å². The molecule has 1 aliphatic heterocycles. The lowest BCUT2D eigenvalue weighted by Gasteiger charge is -2.24. The maximum Gasteiger partial charge on any atom is 0.261 e. The number of nitrogens with zero attached hydrogens (tertiary/aromatic N) is 1. The average Bonchev–Trinajstić information content (AvgIpc) is 3.13. The molecule has 0 fully saturated rings. The molecule has 0 atom stereocenters. The zero-order valence-corrected chi connectivity index (χ0v) is 16.0. The molecule has 0 N–H and O–H groups in total. The summed E-state index contributed by atoms with van der Waals surface area (Å²) < 4.78 is 24.6. The van der Waals surface area contributed by atoms with Gasteiger partial charge in [-0.25, -0.2) is 4.39 Å². The highest BCUT2D eigenvalue weighted by molar-refractivity contribution is 6.40. The second kappa shape index (κ2) is 7.70. The number of hydrogen-bond donors (Lipinski definition) is 0. The van der Waals surface area contributed by atoms with Crippen LogP contribution in [0.2, 0.25) is 10.0 Å². The molecule has 4 rings (SSSR count). The number of halogens is 3. The minimum absolute atomic E-state index is 0.153. The Bertz CT molecular complexity index is 1040. The molecule has 0 aromatic heterocycles. The van der Waals surface area contributed by atoms with E-state index in [0.717, 1.165) is 5.56 Å². The molecule has 1 heterocycles. The van der Waals surface area contributed by atoms with Gasteiger partial charge in [-0.3, -0.25) is 4.79 Å². The van der Waals surface area contributed by atoms with E-state index < -0.39 is 11.7 Å². The summed E-state index contributed by atoms with van der Waals surface area (Å²) in [6, 6.07) is 16.0. The fourth-order valence-electron chi connectivity index (χ4n) is 2.98. The van der Waals surface area contributed by atoms with Crippen molar-refractivity contribution in [2.24, 2.45) is 0 Å². The average molecular weight is 418 g/mol. The maximum absolute atomic E-state index is 13.8. The van der Waals surface area contributed by atoms with Crippen LogP contribution in [-0.4, -0.2) is 12.7 Å². The van der Waals surface area contributed by atoms with Crippen LogP contribution in [0, 0.1) is 5.82 Å². The maximum atomic E-state index is 13.8. The number of carbonyl (C=O) groups is 1. The van der Waals surface area contributed by atoms with Crippen LogP contribution in [0.3, 0.4) is 0 Å². The van der Waals surface area contributed by atoms with Crippen molar-refractivity contribution in [3.8, 4) is 11.5 Å². The lowest BCUT2D eigenvalue weighted by Crippen LogP contribution is -2.31. The molecule has 0 spiro atoms. The van der Waals surface area contributed by atoms with Gasteiger partial charge < -0.3 is 14.4 Å². The van der Waals surface area contributed by atoms with Crippen molar-refractivity contribution in [3.05, 3.63) is 87.7 Å². The second-order valence-electron chi connectivity index (χ2n) is 6.16. The van der Waals surface area contributed by atoms with Crippen LogP contribution in [0.1, 0.15) is 15.9 Å². The lowest BCUT2D eigenvalue weighted by atomic mass is 10.1. The number of fused-ring (bicyclic) bond motifs is 1. The lowest BCUT2D eigenvalue weighted by molar-refractivity contribution is 0.0985. The third-order valence-electron chi connectivity index (χ3n) is 4.32. The molecule has 1 aliphatic rings. The number of benzene rings is 3. The van der Waals surface area contributed by atoms with Gasteiger partial charge in [0.25, 0.3) is 5.91 Å². The highest BCUT2D eigenvalue weighted by atomic mass is 35.5. The van der Waals surface area contributed by atoms with Crippen LogP contribution in [0.15, 0.2) is 60.7 Å². The molecular weight excluding hydrogens is 404 g/mol.